The van der Waals surface area contributed by atoms with E-state index in [2.05, 4.69) is 17.0 Å². The van der Waals surface area contributed by atoms with Crippen LogP contribution in [0.15, 0.2) is 34.7 Å². The van der Waals surface area contributed by atoms with Gasteiger partial charge in [-0.25, -0.2) is 0 Å². The maximum absolute atomic E-state index is 13.2. The number of hydrogen-bond acceptors (Lipinski definition) is 4. The standard InChI is InChI=1S/C20H26N2O3/c1-24-13-12-21-10-4-8-20(19(21)23)9-5-11-22(20)15-17-14-16-6-2-3-7-18(16)25-17/h2-3,6-7,14H,4-5,8-13,15H2,1H3. The maximum Gasteiger partial charge on any atom is 0.243 e. The molecule has 5 nitrogen and oxygen atoms in total. The Morgan fingerprint density at radius 3 is 2.80 bits per heavy atom. The number of fused-ring (bicyclic) bond motifs is 1. The third-order valence-electron chi connectivity index (χ3n) is 5.72. The molecule has 1 atom stereocenters. The Hall–Kier alpha value is -1.85. The monoisotopic (exact) mass is 342 g/mol. The van der Waals surface area contributed by atoms with Crippen molar-refractivity contribution in [3.05, 3.63) is 36.1 Å². The highest BCUT2D eigenvalue weighted by molar-refractivity contribution is 5.87. The number of furan rings is 1. The highest BCUT2D eigenvalue weighted by Gasteiger charge is 2.50. The molecule has 134 valence electrons. The summed E-state index contributed by atoms with van der Waals surface area (Å²) in [7, 11) is 1.69. The van der Waals surface area contributed by atoms with E-state index in [1.807, 2.05) is 23.1 Å². The highest BCUT2D eigenvalue weighted by Crippen LogP contribution is 2.39. The van der Waals surface area contributed by atoms with Gasteiger partial charge in [-0.1, -0.05) is 18.2 Å². The minimum atomic E-state index is -0.342. The van der Waals surface area contributed by atoms with Crippen molar-refractivity contribution < 1.29 is 13.9 Å². The average Bonchev–Trinajstić information content (AvgIpc) is 3.21. The van der Waals surface area contributed by atoms with Gasteiger partial charge >= 0.3 is 0 Å². The van der Waals surface area contributed by atoms with Gasteiger partial charge in [-0.3, -0.25) is 9.69 Å². The number of likely N-dealkylation sites (tertiary alicyclic amines) is 2. The second-order valence-corrected chi connectivity index (χ2v) is 7.20. The molecule has 0 radical (unpaired) electrons. The molecule has 2 aliphatic heterocycles. The van der Waals surface area contributed by atoms with Crippen LogP contribution in [0.4, 0.5) is 0 Å². The lowest BCUT2D eigenvalue weighted by Gasteiger charge is -2.44. The van der Waals surface area contributed by atoms with Crippen molar-refractivity contribution in [1.29, 1.82) is 0 Å². The van der Waals surface area contributed by atoms with E-state index in [0.29, 0.717) is 19.7 Å². The summed E-state index contributed by atoms with van der Waals surface area (Å²) in [5.41, 5.74) is 0.577. The Kier molecular flexibility index (Phi) is 4.52. The van der Waals surface area contributed by atoms with E-state index in [9.17, 15) is 4.79 Å². The molecule has 0 bridgehead atoms. The van der Waals surface area contributed by atoms with E-state index < -0.39 is 0 Å². The van der Waals surface area contributed by atoms with Crippen molar-refractivity contribution in [2.75, 3.05) is 33.4 Å². The van der Waals surface area contributed by atoms with Crippen LogP contribution in [0, 0.1) is 0 Å². The van der Waals surface area contributed by atoms with Crippen molar-refractivity contribution in [1.82, 2.24) is 9.80 Å². The fraction of sp³-hybridized carbons (Fsp3) is 0.550. The van der Waals surface area contributed by atoms with Crippen LogP contribution in [-0.2, 0) is 16.1 Å². The van der Waals surface area contributed by atoms with Gasteiger partial charge in [0.25, 0.3) is 0 Å². The predicted octanol–water partition coefficient (Wildman–Crippen LogP) is 3.04. The molecule has 0 saturated carbocycles. The molecule has 2 fully saturated rings. The van der Waals surface area contributed by atoms with Crippen molar-refractivity contribution in [3.63, 3.8) is 0 Å². The van der Waals surface area contributed by atoms with E-state index in [0.717, 1.165) is 55.5 Å². The Morgan fingerprint density at radius 2 is 2.00 bits per heavy atom. The molecule has 2 aromatic rings. The number of carbonyl (C=O) groups excluding carboxylic acids is 1. The maximum atomic E-state index is 13.2. The molecule has 1 spiro atoms. The highest BCUT2D eigenvalue weighted by atomic mass is 16.5. The van der Waals surface area contributed by atoms with Crippen LogP contribution in [0.2, 0.25) is 0 Å². The first-order chi connectivity index (χ1) is 12.2. The normalized spacial score (nSPS) is 24.7. The zero-order valence-corrected chi connectivity index (χ0v) is 14.9. The van der Waals surface area contributed by atoms with Crippen molar-refractivity contribution in [2.45, 2.75) is 37.8 Å². The summed E-state index contributed by atoms with van der Waals surface area (Å²) in [5, 5.41) is 1.13. The Balaban J connectivity index is 1.55. The topological polar surface area (TPSA) is 45.9 Å². The number of carbonyl (C=O) groups is 1. The summed E-state index contributed by atoms with van der Waals surface area (Å²) < 4.78 is 11.2. The lowest BCUT2D eigenvalue weighted by Crippen LogP contribution is -2.60. The van der Waals surface area contributed by atoms with Crippen LogP contribution in [-0.4, -0.2) is 54.6 Å². The van der Waals surface area contributed by atoms with E-state index in [4.69, 9.17) is 9.15 Å². The van der Waals surface area contributed by atoms with Gasteiger partial charge < -0.3 is 14.1 Å². The van der Waals surface area contributed by atoms with Gasteiger partial charge in [0.15, 0.2) is 0 Å². The second kappa shape index (κ2) is 6.81. The first-order valence-corrected chi connectivity index (χ1v) is 9.24. The van der Waals surface area contributed by atoms with Crippen LogP contribution >= 0.6 is 0 Å². The zero-order chi connectivity index (χ0) is 17.3. The minimum Gasteiger partial charge on any atom is -0.460 e. The predicted molar refractivity (Wildman–Crippen MR) is 96.3 cm³/mol. The van der Waals surface area contributed by atoms with Gasteiger partial charge in [0, 0.05) is 25.6 Å². The van der Waals surface area contributed by atoms with E-state index in [1.54, 1.807) is 7.11 Å². The lowest BCUT2D eigenvalue weighted by molar-refractivity contribution is -0.148. The third-order valence-corrected chi connectivity index (χ3v) is 5.72. The number of para-hydroxylation sites is 1. The molecule has 1 unspecified atom stereocenters. The summed E-state index contributed by atoms with van der Waals surface area (Å²) in [6, 6.07) is 10.2. The molecule has 2 aliphatic rings. The van der Waals surface area contributed by atoms with E-state index in [1.165, 1.54) is 0 Å². The Morgan fingerprint density at radius 1 is 1.20 bits per heavy atom. The molecule has 3 heterocycles. The van der Waals surface area contributed by atoms with Gasteiger partial charge in [0.2, 0.25) is 5.91 Å². The van der Waals surface area contributed by atoms with Gasteiger partial charge in [-0.05, 0) is 44.4 Å². The van der Waals surface area contributed by atoms with Gasteiger partial charge in [-0.15, -0.1) is 0 Å². The number of hydrogen-bond donors (Lipinski definition) is 0. The smallest absolute Gasteiger partial charge is 0.243 e. The molecule has 1 aromatic heterocycles. The first kappa shape index (κ1) is 16.6. The van der Waals surface area contributed by atoms with Crippen LogP contribution < -0.4 is 0 Å². The molecule has 1 aromatic carbocycles. The summed E-state index contributed by atoms with van der Waals surface area (Å²) in [5.74, 6) is 1.23. The molecule has 2 saturated heterocycles. The molecule has 25 heavy (non-hydrogen) atoms. The number of piperidine rings is 1. The van der Waals surface area contributed by atoms with Crippen LogP contribution in [0.1, 0.15) is 31.4 Å². The second-order valence-electron chi connectivity index (χ2n) is 7.20. The van der Waals surface area contributed by atoms with Crippen molar-refractivity contribution in [3.8, 4) is 0 Å². The average molecular weight is 342 g/mol. The van der Waals surface area contributed by atoms with Crippen molar-refractivity contribution in [2.24, 2.45) is 0 Å². The molecular formula is C20H26N2O3. The molecule has 1 amide bonds. The van der Waals surface area contributed by atoms with Crippen LogP contribution in [0.5, 0.6) is 0 Å². The summed E-state index contributed by atoms with van der Waals surface area (Å²) in [4.78, 5) is 17.6. The lowest BCUT2D eigenvalue weighted by atomic mass is 9.85. The zero-order valence-electron chi connectivity index (χ0n) is 14.9. The SMILES string of the molecule is COCCN1CCCC2(CCCN2Cc2cc3ccccc3o2)C1=O. The van der Waals surface area contributed by atoms with Crippen LogP contribution in [0.3, 0.4) is 0 Å². The van der Waals surface area contributed by atoms with E-state index >= 15 is 0 Å². The Labute approximate surface area is 148 Å². The van der Waals surface area contributed by atoms with Gasteiger partial charge in [0.05, 0.1) is 13.2 Å². The molecule has 0 N–H and O–H groups in total. The molecule has 4 rings (SSSR count). The number of rotatable bonds is 5. The summed E-state index contributed by atoms with van der Waals surface area (Å²) >= 11 is 0. The Bertz CT molecular complexity index is 723. The van der Waals surface area contributed by atoms with Gasteiger partial charge in [-0.2, -0.15) is 0 Å². The third kappa shape index (κ3) is 2.96. The number of methoxy groups -OCH3 is 1. The molecule has 0 aliphatic carbocycles. The summed E-state index contributed by atoms with van der Waals surface area (Å²) in [6.07, 6.45) is 4.04. The molecular weight excluding hydrogens is 316 g/mol. The fourth-order valence-electron chi connectivity index (χ4n) is 4.47. The number of amides is 1. The number of benzene rings is 1. The number of nitrogens with zero attached hydrogens (tertiary/aromatic N) is 2. The minimum absolute atomic E-state index is 0.282. The largest absolute Gasteiger partial charge is 0.460 e. The van der Waals surface area contributed by atoms with Crippen LogP contribution in [0.25, 0.3) is 11.0 Å². The quantitative estimate of drug-likeness (QED) is 0.838. The van der Waals surface area contributed by atoms with Crippen molar-refractivity contribution >= 4 is 16.9 Å². The molecule has 5 heteroatoms. The number of ether oxygens (including phenoxy) is 1. The first-order valence-electron chi connectivity index (χ1n) is 9.24. The summed E-state index contributed by atoms with van der Waals surface area (Å²) in [6.45, 7) is 3.81. The van der Waals surface area contributed by atoms with E-state index in [-0.39, 0.29) is 11.4 Å². The fourth-order valence-corrected chi connectivity index (χ4v) is 4.47. The van der Waals surface area contributed by atoms with Gasteiger partial charge in [0.1, 0.15) is 16.9 Å².